The predicted octanol–water partition coefficient (Wildman–Crippen LogP) is 4.12. The summed E-state index contributed by atoms with van der Waals surface area (Å²) in [6, 6.07) is 4.00. The van der Waals surface area contributed by atoms with Gasteiger partial charge >= 0.3 is 6.09 Å². The van der Waals surface area contributed by atoms with E-state index in [0.717, 1.165) is 22.0 Å². The Bertz CT molecular complexity index is 786. The molecule has 0 bridgehead atoms. The number of hydrogen-bond acceptors (Lipinski definition) is 6. The third kappa shape index (κ3) is 4.87. The number of aromatic nitrogens is 1. The molecular formula is C19H25N3O3S2. The van der Waals surface area contributed by atoms with Gasteiger partial charge in [0, 0.05) is 26.2 Å². The lowest BCUT2D eigenvalue weighted by Gasteiger charge is -2.22. The zero-order valence-corrected chi connectivity index (χ0v) is 17.6. The van der Waals surface area contributed by atoms with Crippen LogP contribution in [0, 0.1) is 12.8 Å². The second-order valence-corrected chi connectivity index (χ2v) is 8.96. The Labute approximate surface area is 167 Å². The summed E-state index contributed by atoms with van der Waals surface area (Å²) < 4.78 is 5.32. The summed E-state index contributed by atoms with van der Waals surface area (Å²) in [7, 11) is 0. The zero-order valence-electron chi connectivity index (χ0n) is 15.9. The van der Waals surface area contributed by atoms with Crippen molar-refractivity contribution in [1.82, 2.24) is 14.8 Å². The van der Waals surface area contributed by atoms with Gasteiger partial charge in [-0.1, -0.05) is 19.9 Å². The van der Waals surface area contributed by atoms with Crippen LogP contribution >= 0.6 is 22.7 Å². The van der Waals surface area contributed by atoms with Crippen LogP contribution in [0.15, 0.2) is 17.5 Å². The largest absolute Gasteiger partial charge is 0.449 e. The molecule has 3 heterocycles. The van der Waals surface area contributed by atoms with Crippen LogP contribution in [0.25, 0.3) is 9.88 Å². The molecule has 1 aliphatic heterocycles. The van der Waals surface area contributed by atoms with E-state index in [1.807, 2.05) is 43.2 Å². The van der Waals surface area contributed by atoms with Gasteiger partial charge in [0.25, 0.3) is 5.91 Å². The van der Waals surface area contributed by atoms with Gasteiger partial charge in [-0.3, -0.25) is 4.79 Å². The number of thiophene rings is 1. The monoisotopic (exact) mass is 407 g/mol. The van der Waals surface area contributed by atoms with Crippen LogP contribution in [0.4, 0.5) is 4.79 Å². The molecule has 0 radical (unpaired) electrons. The number of carbonyl (C=O) groups excluding carboxylic acids is 2. The number of hydrogen-bond donors (Lipinski definition) is 0. The van der Waals surface area contributed by atoms with Gasteiger partial charge in [-0.2, -0.15) is 0 Å². The highest BCUT2D eigenvalue weighted by molar-refractivity contribution is 7.22. The second-order valence-electron chi connectivity index (χ2n) is 7.01. The van der Waals surface area contributed by atoms with Crippen molar-refractivity contribution in [3.63, 3.8) is 0 Å². The summed E-state index contributed by atoms with van der Waals surface area (Å²) >= 11 is 3.07. The summed E-state index contributed by atoms with van der Waals surface area (Å²) in [5.41, 5.74) is 0.769. The molecule has 0 spiro atoms. The maximum Gasteiger partial charge on any atom is 0.409 e. The summed E-state index contributed by atoms with van der Waals surface area (Å²) in [6.07, 6.45) is 0.463. The molecule has 0 N–H and O–H groups in total. The van der Waals surface area contributed by atoms with Crippen molar-refractivity contribution in [2.75, 3.05) is 32.8 Å². The number of carbonyl (C=O) groups is 2. The first-order valence-corrected chi connectivity index (χ1v) is 10.9. The molecular weight excluding hydrogens is 382 g/mol. The van der Waals surface area contributed by atoms with E-state index in [1.165, 1.54) is 11.3 Å². The number of amides is 2. The minimum Gasteiger partial charge on any atom is -0.449 e. The van der Waals surface area contributed by atoms with E-state index >= 15 is 0 Å². The average molecular weight is 408 g/mol. The fourth-order valence-electron chi connectivity index (χ4n) is 2.88. The van der Waals surface area contributed by atoms with Gasteiger partial charge in [0.2, 0.25) is 0 Å². The minimum absolute atomic E-state index is 0.00482. The maximum atomic E-state index is 13.0. The SMILES string of the molecule is Cc1nc(-c2cccs2)sc1C(=O)N1CCCN(C(=O)OCC(C)C)CC1. The smallest absolute Gasteiger partial charge is 0.409 e. The molecule has 3 rings (SSSR count). The molecule has 1 aliphatic rings. The van der Waals surface area contributed by atoms with Crippen LogP contribution in [0.3, 0.4) is 0 Å². The van der Waals surface area contributed by atoms with Crippen LogP contribution in [0.2, 0.25) is 0 Å². The van der Waals surface area contributed by atoms with E-state index < -0.39 is 0 Å². The number of nitrogens with zero attached hydrogens (tertiary/aromatic N) is 3. The fraction of sp³-hybridized carbons (Fsp3) is 0.526. The average Bonchev–Trinajstić information content (AvgIpc) is 3.23. The number of aryl methyl sites for hydroxylation is 1. The summed E-state index contributed by atoms with van der Waals surface area (Å²) in [4.78, 5) is 35.1. The highest BCUT2D eigenvalue weighted by atomic mass is 32.1. The van der Waals surface area contributed by atoms with Crippen molar-refractivity contribution >= 4 is 34.7 Å². The van der Waals surface area contributed by atoms with Crippen molar-refractivity contribution < 1.29 is 14.3 Å². The van der Waals surface area contributed by atoms with Crippen LogP contribution in [0.1, 0.15) is 35.6 Å². The molecule has 6 nitrogen and oxygen atoms in total. The molecule has 2 amide bonds. The molecule has 1 saturated heterocycles. The molecule has 2 aromatic rings. The highest BCUT2D eigenvalue weighted by Gasteiger charge is 2.26. The van der Waals surface area contributed by atoms with Crippen LogP contribution < -0.4 is 0 Å². The lowest BCUT2D eigenvalue weighted by molar-refractivity contribution is 0.0750. The summed E-state index contributed by atoms with van der Waals surface area (Å²) in [5.74, 6) is 0.316. The molecule has 0 unspecified atom stereocenters. The quantitative estimate of drug-likeness (QED) is 0.765. The summed E-state index contributed by atoms with van der Waals surface area (Å²) in [5, 5.41) is 2.90. The van der Waals surface area contributed by atoms with Gasteiger partial charge in [-0.25, -0.2) is 9.78 Å². The van der Waals surface area contributed by atoms with E-state index in [-0.39, 0.29) is 12.0 Å². The van der Waals surface area contributed by atoms with Crippen LogP contribution in [-0.2, 0) is 4.74 Å². The Morgan fingerprint density at radius 1 is 1.22 bits per heavy atom. The third-order valence-corrected chi connectivity index (χ3v) is 6.49. The fourth-order valence-corrected chi connectivity index (χ4v) is 4.71. The van der Waals surface area contributed by atoms with Crippen molar-refractivity contribution in [3.8, 4) is 9.88 Å². The van der Waals surface area contributed by atoms with Crippen molar-refractivity contribution in [1.29, 1.82) is 0 Å². The van der Waals surface area contributed by atoms with E-state index in [9.17, 15) is 9.59 Å². The number of rotatable bonds is 4. The standard InChI is InChI=1S/C19H25N3O3S2/c1-13(2)12-25-19(24)22-8-5-7-21(9-10-22)18(23)16-14(3)20-17(27-16)15-6-4-11-26-15/h4,6,11,13H,5,7-10,12H2,1-3H3. The van der Waals surface area contributed by atoms with Crippen LogP contribution in [-0.4, -0.2) is 59.6 Å². The molecule has 0 atom stereocenters. The maximum absolute atomic E-state index is 13.0. The molecule has 146 valence electrons. The molecule has 0 aliphatic carbocycles. The first kappa shape index (κ1) is 19.8. The molecule has 27 heavy (non-hydrogen) atoms. The Balaban J connectivity index is 1.64. The Hall–Kier alpha value is -1.93. The van der Waals surface area contributed by atoms with Crippen LogP contribution in [0.5, 0.6) is 0 Å². The number of thiazole rings is 1. The Kier molecular flexibility index (Phi) is 6.49. The summed E-state index contributed by atoms with van der Waals surface area (Å²) in [6.45, 7) is 8.59. The predicted molar refractivity (Wildman–Crippen MR) is 108 cm³/mol. The van der Waals surface area contributed by atoms with E-state index in [0.29, 0.717) is 43.6 Å². The molecule has 8 heteroatoms. The van der Waals surface area contributed by atoms with Crippen molar-refractivity contribution in [2.24, 2.45) is 5.92 Å². The molecule has 2 aromatic heterocycles. The van der Waals surface area contributed by atoms with Crippen molar-refractivity contribution in [2.45, 2.75) is 27.2 Å². The minimum atomic E-state index is -0.285. The topological polar surface area (TPSA) is 62.7 Å². The van der Waals surface area contributed by atoms with Gasteiger partial charge in [0.1, 0.15) is 9.88 Å². The number of ether oxygens (including phenoxy) is 1. The van der Waals surface area contributed by atoms with E-state index in [4.69, 9.17) is 4.74 Å². The third-order valence-electron chi connectivity index (χ3n) is 4.30. The normalized spacial score (nSPS) is 15.1. The van der Waals surface area contributed by atoms with Gasteiger partial charge < -0.3 is 14.5 Å². The molecule has 0 aromatic carbocycles. The van der Waals surface area contributed by atoms with Crippen molar-refractivity contribution in [3.05, 3.63) is 28.1 Å². The first-order valence-electron chi connectivity index (χ1n) is 9.18. The lowest BCUT2D eigenvalue weighted by atomic mass is 10.2. The van der Waals surface area contributed by atoms with Gasteiger partial charge in [-0.05, 0) is 30.7 Å². The van der Waals surface area contributed by atoms with Gasteiger partial charge in [0.15, 0.2) is 0 Å². The second kappa shape index (κ2) is 8.84. The zero-order chi connectivity index (χ0) is 19.4. The Morgan fingerprint density at radius 2 is 1.96 bits per heavy atom. The molecule has 1 fully saturated rings. The van der Waals surface area contributed by atoms with Gasteiger partial charge in [-0.15, -0.1) is 22.7 Å². The van der Waals surface area contributed by atoms with E-state index in [2.05, 4.69) is 4.98 Å². The molecule has 0 saturated carbocycles. The Morgan fingerprint density at radius 3 is 2.67 bits per heavy atom. The van der Waals surface area contributed by atoms with Gasteiger partial charge in [0.05, 0.1) is 17.2 Å². The lowest BCUT2D eigenvalue weighted by Crippen LogP contribution is -2.37. The highest BCUT2D eigenvalue weighted by Crippen LogP contribution is 2.31. The van der Waals surface area contributed by atoms with E-state index in [1.54, 1.807) is 16.2 Å². The first-order chi connectivity index (χ1) is 13.0.